The van der Waals surface area contributed by atoms with Gasteiger partial charge in [0.25, 0.3) is 0 Å². The molecular weight excluding hydrogens is 294 g/mol. The smallest absolute Gasteiger partial charge is 0.236 e. The van der Waals surface area contributed by atoms with Crippen molar-refractivity contribution >= 4 is 17.2 Å². The number of rotatable bonds is 4. The maximum atomic E-state index is 11.8. The van der Waals surface area contributed by atoms with Gasteiger partial charge in [0, 0.05) is 40.3 Å². The summed E-state index contributed by atoms with van der Waals surface area (Å²) in [5.74, 6) is 0.149. The molecule has 0 saturated carbocycles. The summed E-state index contributed by atoms with van der Waals surface area (Å²) in [7, 11) is 3.59. The Hall–Kier alpha value is -2.22. The van der Waals surface area contributed by atoms with Crippen LogP contribution >= 0.6 is 0 Å². The van der Waals surface area contributed by atoms with Gasteiger partial charge < -0.3 is 9.80 Å². The van der Waals surface area contributed by atoms with Crippen molar-refractivity contribution in [1.29, 1.82) is 0 Å². The van der Waals surface area contributed by atoms with Gasteiger partial charge in [0.2, 0.25) is 11.6 Å². The molecule has 0 atom stereocenters. The van der Waals surface area contributed by atoms with Crippen LogP contribution in [0.3, 0.4) is 0 Å². The van der Waals surface area contributed by atoms with Gasteiger partial charge >= 0.3 is 0 Å². The Kier molecular flexibility index (Phi) is 4.42. The van der Waals surface area contributed by atoms with Crippen LogP contribution < -0.4 is 4.90 Å². The first kappa shape index (κ1) is 15.7. The zero-order valence-corrected chi connectivity index (χ0v) is 13.9. The number of anilines is 1. The summed E-state index contributed by atoms with van der Waals surface area (Å²) in [6.45, 7) is 6.05. The second kappa shape index (κ2) is 6.49. The maximum Gasteiger partial charge on any atom is 0.236 e. The number of amides is 1. The first-order chi connectivity index (χ1) is 11.1. The van der Waals surface area contributed by atoms with Gasteiger partial charge in [-0.05, 0) is 12.5 Å². The fraction of sp³-hybridized carbons (Fsp3) is 0.600. The molecule has 2 aromatic rings. The molecule has 0 N–H and O–H groups in total. The van der Waals surface area contributed by atoms with E-state index in [1.165, 1.54) is 0 Å². The number of hydrogen-bond acceptors (Lipinski definition) is 6. The fourth-order valence-electron chi connectivity index (χ4n) is 2.75. The van der Waals surface area contributed by atoms with E-state index in [2.05, 4.69) is 38.1 Å². The van der Waals surface area contributed by atoms with Gasteiger partial charge in [0.05, 0.1) is 17.9 Å². The van der Waals surface area contributed by atoms with Gasteiger partial charge in [-0.25, -0.2) is 0 Å². The van der Waals surface area contributed by atoms with Crippen LogP contribution in [0.2, 0.25) is 0 Å². The maximum absolute atomic E-state index is 11.8. The quantitative estimate of drug-likeness (QED) is 0.784. The third-order valence-corrected chi connectivity index (χ3v) is 4.23. The predicted molar refractivity (Wildman–Crippen MR) is 87.5 cm³/mol. The molecule has 0 spiro atoms. The number of hydrogen-bond donors (Lipinski definition) is 0. The van der Waals surface area contributed by atoms with Crippen LogP contribution in [0.5, 0.6) is 0 Å². The third kappa shape index (κ3) is 3.26. The molecule has 124 valence electrons. The molecule has 1 saturated heterocycles. The summed E-state index contributed by atoms with van der Waals surface area (Å²) in [6, 6.07) is 2.10. The van der Waals surface area contributed by atoms with Crippen molar-refractivity contribution in [2.45, 2.75) is 13.3 Å². The lowest BCUT2D eigenvalue weighted by molar-refractivity contribution is -0.129. The summed E-state index contributed by atoms with van der Waals surface area (Å²) in [6.07, 6.45) is 2.52. The molecule has 8 nitrogen and oxygen atoms in total. The van der Waals surface area contributed by atoms with Crippen molar-refractivity contribution in [3.63, 3.8) is 0 Å². The monoisotopic (exact) mass is 317 g/mol. The average molecular weight is 317 g/mol. The molecule has 2 aromatic heterocycles. The van der Waals surface area contributed by atoms with Crippen LogP contribution in [0.15, 0.2) is 12.4 Å². The molecule has 1 amide bonds. The Morgan fingerprint density at radius 1 is 1.26 bits per heavy atom. The van der Waals surface area contributed by atoms with E-state index in [1.807, 2.05) is 0 Å². The van der Waals surface area contributed by atoms with Gasteiger partial charge in [-0.3, -0.25) is 9.69 Å². The second-order valence-corrected chi connectivity index (χ2v) is 6.02. The standard InChI is InChI=1S/C15H23N7O/c1-4-12-9-13(15-17-16-11-22(15)18-12)21-7-5-20(6-8-21)10-14(23)19(2)3/h9,11H,4-8,10H2,1-3H3. The molecule has 3 rings (SSSR count). The molecule has 0 aromatic carbocycles. The zero-order valence-electron chi connectivity index (χ0n) is 13.9. The highest BCUT2D eigenvalue weighted by atomic mass is 16.2. The molecule has 8 heteroatoms. The zero-order chi connectivity index (χ0) is 16.4. The van der Waals surface area contributed by atoms with Crippen molar-refractivity contribution in [3.05, 3.63) is 18.1 Å². The van der Waals surface area contributed by atoms with Crippen molar-refractivity contribution in [2.24, 2.45) is 0 Å². The van der Waals surface area contributed by atoms with Gasteiger partial charge in [0.15, 0.2) is 0 Å². The predicted octanol–water partition coefficient (Wildman–Crippen LogP) is -0.103. The lowest BCUT2D eigenvalue weighted by Gasteiger charge is -2.36. The molecule has 0 bridgehead atoms. The SMILES string of the molecule is CCc1cc(N2CCN(CC(=O)N(C)C)CC2)c2nncn2n1. The number of carbonyl (C=O) groups is 1. The lowest BCUT2D eigenvalue weighted by atomic mass is 10.2. The van der Waals surface area contributed by atoms with Crippen LogP contribution in [-0.2, 0) is 11.2 Å². The molecule has 0 unspecified atom stereocenters. The fourth-order valence-corrected chi connectivity index (χ4v) is 2.75. The molecule has 0 aliphatic carbocycles. The Morgan fingerprint density at radius 2 is 2.00 bits per heavy atom. The van der Waals surface area contributed by atoms with Gasteiger partial charge in [-0.1, -0.05) is 6.92 Å². The minimum atomic E-state index is 0.149. The molecule has 1 aliphatic rings. The number of carbonyl (C=O) groups excluding carboxylic acids is 1. The molecular formula is C15H23N7O. The summed E-state index contributed by atoms with van der Waals surface area (Å²) in [5.41, 5.74) is 2.89. The highest BCUT2D eigenvalue weighted by Gasteiger charge is 2.22. The molecule has 1 fully saturated rings. The minimum absolute atomic E-state index is 0.149. The molecule has 3 heterocycles. The van der Waals surface area contributed by atoms with E-state index in [0.717, 1.165) is 49.6 Å². The number of nitrogens with zero attached hydrogens (tertiary/aromatic N) is 7. The summed E-state index contributed by atoms with van der Waals surface area (Å²) >= 11 is 0. The lowest BCUT2D eigenvalue weighted by Crippen LogP contribution is -2.49. The number of aromatic nitrogens is 4. The van der Waals surface area contributed by atoms with Gasteiger partial charge in [-0.15, -0.1) is 10.2 Å². The van der Waals surface area contributed by atoms with Crippen molar-refractivity contribution in [1.82, 2.24) is 29.6 Å². The first-order valence-electron chi connectivity index (χ1n) is 7.96. The largest absolute Gasteiger partial charge is 0.366 e. The van der Waals surface area contributed by atoms with Crippen LogP contribution in [0.4, 0.5) is 5.69 Å². The van der Waals surface area contributed by atoms with Crippen molar-refractivity contribution in [2.75, 3.05) is 51.7 Å². The molecule has 1 aliphatic heterocycles. The molecule has 23 heavy (non-hydrogen) atoms. The van der Waals surface area contributed by atoms with Crippen LogP contribution in [0.1, 0.15) is 12.6 Å². The van der Waals surface area contributed by atoms with Crippen LogP contribution in [-0.4, -0.2) is 82.3 Å². The third-order valence-electron chi connectivity index (χ3n) is 4.23. The Morgan fingerprint density at radius 3 is 2.65 bits per heavy atom. The van der Waals surface area contributed by atoms with Crippen LogP contribution in [0.25, 0.3) is 5.65 Å². The summed E-state index contributed by atoms with van der Waals surface area (Å²) in [5, 5.41) is 12.7. The number of piperazine rings is 1. The van der Waals surface area contributed by atoms with Crippen LogP contribution in [0, 0.1) is 0 Å². The van der Waals surface area contributed by atoms with Gasteiger partial charge in [-0.2, -0.15) is 9.61 Å². The van der Waals surface area contributed by atoms with E-state index >= 15 is 0 Å². The number of aryl methyl sites for hydroxylation is 1. The van der Waals surface area contributed by atoms with E-state index in [-0.39, 0.29) is 5.91 Å². The van der Waals surface area contributed by atoms with Crippen molar-refractivity contribution < 1.29 is 4.79 Å². The highest BCUT2D eigenvalue weighted by molar-refractivity contribution is 5.77. The first-order valence-corrected chi connectivity index (χ1v) is 7.96. The van der Waals surface area contributed by atoms with Crippen molar-refractivity contribution in [3.8, 4) is 0 Å². The Balaban J connectivity index is 1.73. The average Bonchev–Trinajstić information content (AvgIpc) is 3.03. The van der Waals surface area contributed by atoms with Gasteiger partial charge in [0.1, 0.15) is 6.33 Å². The van der Waals surface area contributed by atoms with E-state index in [9.17, 15) is 4.79 Å². The number of fused-ring (bicyclic) bond motifs is 1. The normalized spacial score (nSPS) is 16.0. The summed E-state index contributed by atoms with van der Waals surface area (Å²) < 4.78 is 1.75. The van der Waals surface area contributed by atoms with E-state index in [1.54, 1.807) is 29.8 Å². The number of likely N-dealkylation sites (N-methyl/N-ethyl adjacent to an activating group) is 1. The second-order valence-electron chi connectivity index (χ2n) is 6.02. The Labute approximate surface area is 135 Å². The highest BCUT2D eigenvalue weighted by Crippen LogP contribution is 2.22. The Bertz CT molecular complexity index is 688. The molecule has 0 radical (unpaired) electrons. The topological polar surface area (TPSA) is 69.9 Å². The van der Waals surface area contributed by atoms with E-state index in [0.29, 0.717) is 6.54 Å². The minimum Gasteiger partial charge on any atom is -0.366 e. The summed E-state index contributed by atoms with van der Waals surface area (Å²) in [4.78, 5) is 18.0. The van der Waals surface area contributed by atoms with E-state index < -0.39 is 0 Å². The van der Waals surface area contributed by atoms with E-state index in [4.69, 9.17) is 0 Å².